The summed E-state index contributed by atoms with van der Waals surface area (Å²) in [5.74, 6) is -3.57. The minimum atomic E-state index is -0.743. The number of ketones is 4. The van der Waals surface area contributed by atoms with Crippen molar-refractivity contribution >= 4 is 73.9 Å². The fourth-order valence-corrected chi connectivity index (χ4v) is 5.85. The van der Waals surface area contributed by atoms with Crippen molar-refractivity contribution in [3.8, 4) is 5.75 Å². The van der Waals surface area contributed by atoms with Gasteiger partial charge in [-0.3, -0.25) is 19.2 Å². The van der Waals surface area contributed by atoms with Gasteiger partial charge in [0.1, 0.15) is 11.5 Å². The van der Waals surface area contributed by atoms with E-state index in [1.54, 1.807) is 0 Å². The zero-order chi connectivity index (χ0) is 23.5. The Bertz CT molecular complexity index is 1280. The molecule has 0 saturated heterocycles. The quantitative estimate of drug-likeness (QED) is 0.287. The number of carbonyl (C=O) groups is 4. The maximum atomic E-state index is 13.0. The Morgan fingerprint density at radius 2 is 1.50 bits per heavy atom. The molecule has 1 aromatic carbocycles. The van der Waals surface area contributed by atoms with Crippen molar-refractivity contribution < 1.29 is 38.9 Å². The lowest BCUT2D eigenvalue weighted by Crippen LogP contribution is -2.30. The van der Waals surface area contributed by atoms with Crippen molar-refractivity contribution in [2.24, 2.45) is 0 Å². The van der Waals surface area contributed by atoms with E-state index < -0.39 is 38.6 Å². The van der Waals surface area contributed by atoms with Gasteiger partial charge in [0.2, 0.25) is 11.6 Å². The van der Waals surface area contributed by atoms with Crippen LogP contribution in [0.25, 0.3) is 5.57 Å². The second-order valence-electron chi connectivity index (χ2n) is 7.09. The van der Waals surface area contributed by atoms with Gasteiger partial charge in [-0.25, -0.2) is 0 Å². The highest BCUT2D eigenvalue weighted by Gasteiger charge is 2.43. The van der Waals surface area contributed by atoms with Crippen LogP contribution in [0.2, 0.25) is 0 Å². The summed E-state index contributed by atoms with van der Waals surface area (Å²) in [6.07, 6.45) is 1.84. The summed E-state index contributed by atoms with van der Waals surface area (Å²) in [7, 11) is 2.77. The number of aliphatic hydroxyl groups excluding tert-OH is 2. The number of allylic oxidation sites excluding steroid dienone is 7. The average Bonchev–Trinajstić information content (AvgIpc) is 2.74. The summed E-state index contributed by atoms with van der Waals surface area (Å²) in [5.41, 5.74) is 0.260. The monoisotopic (exact) mass is 660 g/mol. The number of carbonyl (C=O) groups excluding carboxylic acids is 4. The SMILES string of the molecule is COC1=C(c2c(OC)cc(I)c3c2C(=O)C=C(O)C3=O)C2=C(C(=O)C(O)=CC2=O)[C@H](I)C1. The largest absolute Gasteiger partial charge is 0.504 e. The highest BCUT2D eigenvalue weighted by Crippen LogP contribution is 2.48. The maximum absolute atomic E-state index is 13.0. The fraction of sp³-hybridized carbons (Fsp3) is 0.182. The second kappa shape index (κ2) is 8.14. The van der Waals surface area contributed by atoms with Gasteiger partial charge in [0.25, 0.3) is 0 Å². The number of methoxy groups -OCH3 is 2. The summed E-state index contributed by atoms with van der Waals surface area (Å²) in [4.78, 5) is 51.5. The molecule has 0 amide bonds. The van der Waals surface area contributed by atoms with Gasteiger partial charge in [-0.1, -0.05) is 22.6 Å². The number of benzene rings is 1. The second-order valence-corrected chi connectivity index (χ2v) is 9.76. The summed E-state index contributed by atoms with van der Waals surface area (Å²) >= 11 is 3.86. The Morgan fingerprint density at radius 1 is 0.875 bits per heavy atom. The summed E-state index contributed by atoms with van der Waals surface area (Å²) in [5, 5.41) is 19.9. The van der Waals surface area contributed by atoms with Gasteiger partial charge < -0.3 is 19.7 Å². The first kappa shape index (κ1) is 22.7. The van der Waals surface area contributed by atoms with Crippen molar-refractivity contribution in [1.29, 1.82) is 0 Å². The van der Waals surface area contributed by atoms with E-state index in [2.05, 4.69) is 0 Å². The molecule has 32 heavy (non-hydrogen) atoms. The molecule has 2 N–H and O–H groups in total. The molecular weight excluding hydrogens is 646 g/mol. The molecule has 3 aliphatic rings. The van der Waals surface area contributed by atoms with Crippen LogP contribution in [0.3, 0.4) is 0 Å². The van der Waals surface area contributed by atoms with Crippen molar-refractivity contribution in [1.82, 2.24) is 0 Å². The zero-order valence-electron chi connectivity index (χ0n) is 16.6. The minimum Gasteiger partial charge on any atom is -0.504 e. The van der Waals surface area contributed by atoms with Gasteiger partial charge in [-0.05, 0) is 28.7 Å². The molecule has 0 radical (unpaired) electrons. The van der Waals surface area contributed by atoms with Gasteiger partial charge in [0.15, 0.2) is 23.1 Å². The van der Waals surface area contributed by atoms with E-state index in [9.17, 15) is 29.4 Å². The number of aliphatic hydroxyl groups is 2. The van der Waals surface area contributed by atoms with E-state index in [-0.39, 0.29) is 45.6 Å². The van der Waals surface area contributed by atoms with E-state index in [0.717, 1.165) is 12.2 Å². The van der Waals surface area contributed by atoms with Gasteiger partial charge in [0.05, 0.1) is 19.8 Å². The van der Waals surface area contributed by atoms with Crippen LogP contribution in [0, 0.1) is 3.57 Å². The summed E-state index contributed by atoms with van der Waals surface area (Å²) in [6.45, 7) is 0. The molecule has 0 bridgehead atoms. The van der Waals surface area contributed by atoms with E-state index in [0.29, 0.717) is 9.33 Å². The average molecular weight is 660 g/mol. The highest BCUT2D eigenvalue weighted by molar-refractivity contribution is 14.1. The molecule has 164 valence electrons. The molecule has 3 aliphatic carbocycles. The first-order chi connectivity index (χ1) is 15.1. The van der Waals surface area contributed by atoms with Crippen molar-refractivity contribution in [2.75, 3.05) is 14.2 Å². The highest BCUT2D eigenvalue weighted by atomic mass is 127. The molecule has 0 unspecified atom stereocenters. The van der Waals surface area contributed by atoms with Crippen LogP contribution in [0.4, 0.5) is 0 Å². The van der Waals surface area contributed by atoms with Crippen LogP contribution in [0.15, 0.2) is 46.6 Å². The number of hydrogen-bond donors (Lipinski definition) is 2. The smallest absolute Gasteiger partial charge is 0.229 e. The van der Waals surface area contributed by atoms with Crippen LogP contribution in [0.1, 0.15) is 32.7 Å². The number of halogens is 2. The third-order valence-electron chi connectivity index (χ3n) is 5.40. The van der Waals surface area contributed by atoms with Crippen LogP contribution in [-0.4, -0.2) is 51.5 Å². The fourth-order valence-electron chi connectivity index (χ4n) is 4.05. The number of hydrogen-bond acceptors (Lipinski definition) is 8. The van der Waals surface area contributed by atoms with Gasteiger partial charge in [-0.15, -0.1) is 0 Å². The molecule has 0 aliphatic heterocycles. The zero-order valence-corrected chi connectivity index (χ0v) is 20.9. The van der Waals surface area contributed by atoms with Crippen LogP contribution in [0.5, 0.6) is 5.75 Å². The Balaban J connectivity index is 2.15. The number of Topliss-reactive ketones (excluding diaryl/α,β-unsaturated/α-hetero) is 2. The Labute approximate surface area is 208 Å². The third kappa shape index (κ3) is 3.22. The molecular formula is C22H14I2O8. The Hall–Kier alpha value is -2.48. The van der Waals surface area contributed by atoms with Gasteiger partial charge >= 0.3 is 0 Å². The molecule has 0 saturated carbocycles. The van der Waals surface area contributed by atoms with Crippen LogP contribution < -0.4 is 4.74 Å². The Kier molecular flexibility index (Phi) is 5.77. The van der Waals surface area contributed by atoms with Crippen molar-refractivity contribution in [3.05, 3.63) is 66.9 Å². The molecule has 0 heterocycles. The number of rotatable bonds is 3. The Morgan fingerprint density at radius 3 is 2.12 bits per heavy atom. The van der Waals surface area contributed by atoms with Crippen molar-refractivity contribution in [2.45, 2.75) is 10.3 Å². The third-order valence-corrected chi connectivity index (χ3v) is 7.31. The number of ether oxygens (including phenoxy) is 2. The summed E-state index contributed by atoms with van der Waals surface area (Å²) in [6, 6.07) is 1.51. The molecule has 0 aromatic heterocycles. The molecule has 4 rings (SSSR count). The molecule has 1 atom stereocenters. The molecule has 8 nitrogen and oxygen atoms in total. The van der Waals surface area contributed by atoms with E-state index in [1.807, 2.05) is 45.2 Å². The maximum Gasteiger partial charge on any atom is 0.229 e. The molecule has 10 heteroatoms. The van der Waals surface area contributed by atoms with Gasteiger partial charge in [-0.2, -0.15) is 0 Å². The van der Waals surface area contributed by atoms with E-state index in [4.69, 9.17) is 9.47 Å². The molecule has 0 fully saturated rings. The number of fused-ring (bicyclic) bond motifs is 1. The van der Waals surface area contributed by atoms with Crippen molar-refractivity contribution in [3.63, 3.8) is 0 Å². The van der Waals surface area contributed by atoms with E-state index in [1.165, 1.54) is 20.3 Å². The predicted molar refractivity (Wildman–Crippen MR) is 129 cm³/mol. The normalized spacial score (nSPS) is 20.7. The van der Waals surface area contributed by atoms with Crippen LogP contribution in [-0.2, 0) is 14.3 Å². The van der Waals surface area contributed by atoms with Crippen LogP contribution >= 0.6 is 45.2 Å². The lowest BCUT2D eigenvalue weighted by Gasteiger charge is -2.31. The first-order valence-corrected chi connectivity index (χ1v) is 11.5. The van der Waals surface area contributed by atoms with E-state index >= 15 is 0 Å². The molecule has 0 spiro atoms. The molecule has 1 aromatic rings. The predicted octanol–water partition coefficient (Wildman–Crippen LogP) is 3.58. The topological polar surface area (TPSA) is 127 Å². The lowest BCUT2D eigenvalue weighted by molar-refractivity contribution is -0.117. The lowest BCUT2D eigenvalue weighted by atomic mass is 9.76. The minimum absolute atomic E-state index is 0.0176. The summed E-state index contributed by atoms with van der Waals surface area (Å²) < 4.78 is 11.0. The first-order valence-electron chi connectivity index (χ1n) is 9.18. The standard InChI is InChI=1S/C22H14I2O8/c1-31-13-3-7(23)15-17(9(25)5-11(27)21(15)29)19(13)20-14(32-2)4-8(24)16-18(20)10(26)6-12(28)22(16)30/h3,5-6,8,27-28H,4H2,1-2H3/t8-/m1/s1. The van der Waals surface area contributed by atoms with Gasteiger partial charge in [0, 0.05) is 53.9 Å². The number of alkyl halides is 1.